The lowest BCUT2D eigenvalue weighted by Gasteiger charge is -2.09. The first kappa shape index (κ1) is 39.6. The number of nitrogens with zero attached hydrogens (tertiary/aromatic N) is 1. The number of carbonyl (C=O) groups excluding carboxylic acids is 4. The number of unbranched alkanes of at least 4 members (excludes halogenated alkanes) is 9. The van der Waals surface area contributed by atoms with Crippen LogP contribution in [0.15, 0.2) is 110 Å². The van der Waals surface area contributed by atoms with Gasteiger partial charge in [-0.25, -0.2) is 24.0 Å². The number of rotatable bonds is 21. The van der Waals surface area contributed by atoms with Gasteiger partial charge in [0.15, 0.2) is 5.69 Å². The minimum absolute atomic E-state index is 0.147. The third-order valence-electron chi connectivity index (χ3n) is 8.07. The largest absolute Gasteiger partial charge is 0.494 e. The Hall–Kier alpha value is -6.21. The molecule has 0 aliphatic heterocycles. The van der Waals surface area contributed by atoms with Gasteiger partial charge in [0.2, 0.25) is 0 Å². The topological polar surface area (TPSA) is 119 Å². The van der Waals surface area contributed by atoms with Gasteiger partial charge in [-0.3, -0.25) is 0 Å². The van der Waals surface area contributed by atoms with Crippen LogP contribution in [0, 0.1) is 6.57 Å². The van der Waals surface area contributed by atoms with Crippen LogP contribution in [-0.2, 0) is 9.53 Å². The van der Waals surface area contributed by atoms with Gasteiger partial charge < -0.3 is 23.7 Å². The number of hydrogen-bond acceptors (Lipinski definition) is 9. The maximum Gasteiger partial charge on any atom is 0.343 e. The number of carbonyl (C=O) groups is 4. The van der Waals surface area contributed by atoms with E-state index < -0.39 is 17.9 Å². The number of ether oxygens (including phenoxy) is 5. The van der Waals surface area contributed by atoms with Crippen LogP contribution in [0.5, 0.6) is 23.0 Å². The van der Waals surface area contributed by atoms with Crippen molar-refractivity contribution >= 4 is 29.6 Å². The Morgan fingerprint density at radius 1 is 0.528 bits per heavy atom. The van der Waals surface area contributed by atoms with Gasteiger partial charge in [0.05, 0.1) is 36.5 Å². The van der Waals surface area contributed by atoms with Crippen molar-refractivity contribution in [1.29, 1.82) is 0 Å². The Morgan fingerprint density at radius 3 is 1.51 bits per heavy atom. The summed E-state index contributed by atoms with van der Waals surface area (Å²) < 4.78 is 27.1. The van der Waals surface area contributed by atoms with E-state index in [9.17, 15) is 19.2 Å². The van der Waals surface area contributed by atoms with Crippen molar-refractivity contribution in [3.8, 4) is 23.0 Å². The van der Waals surface area contributed by atoms with Gasteiger partial charge in [-0.15, -0.1) is 0 Å². The molecule has 0 radical (unpaired) electrons. The molecule has 0 heterocycles. The fourth-order valence-electron chi connectivity index (χ4n) is 5.16. The van der Waals surface area contributed by atoms with E-state index in [1.54, 1.807) is 42.5 Å². The molecule has 0 unspecified atom stereocenters. The molecule has 53 heavy (non-hydrogen) atoms. The Balaban J connectivity index is 1.10. The zero-order valence-electron chi connectivity index (χ0n) is 29.6. The molecule has 0 bridgehead atoms. The molecule has 0 spiro atoms. The van der Waals surface area contributed by atoms with Gasteiger partial charge >= 0.3 is 23.9 Å². The smallest absolute Gasteiger partial charge is 0.343 e. The summed E-state index contributed by atoms with van der Waals surface area (Å²) >= 11 is 0. The second-order valence-electron chi connectivity index (χ2n) is 12.1. The fourth-order valence-corrected chi connectivity index (χ4v) is 5.16. The van der Waals surface area contributed by atoms with Crippen molar-refractivity contribution in [2.24, 2.45) is 0 Å². The molecule has 4 rings (SSSR count). The Morgan fingerprint density at radius 2 is 0.981 bits per heavy atom. The molecule has 0 atom stereocenters. The summed E-state index contributed by atoms with van der Waals surface area (Å²) in [6, 6.07) is 24.9. The highest BCUT2D eigenvalue weighted by Crippen LogP contribution is 2.22. The lowest BCUT2D eigenvalue weighted by Crippen LogP contribution is -2.11. The van der Waals surface area contributed by atoms with Crippen LogP contribution in [0.25, 0.3) is 4.85 Å². The van der Waals surface area contributed by atoms with Crippen LogP contribution in [-0.4, -0.2) is 37.1 Å². The number of benzene rings is 4. The monoisotopic (exact) mass is 717 g/mol. The second-order valence-corrected chi connectivity index (χ2v) is 12.1. The molecule has 0 saturated heterocycles. The number of esters is 4. The van der Waals surface area contributed by atoms with Crippen LogP contribution in [0.2, 0.25) is 0 Å². The first-order valence-electron chi connectivity index (χ1n) is 17.7. The lowest BCUT2D eigenvalue weighted by molar-refractivity contribution is -0.137. The minimum atomic E-state index is -0.663. The molecule has 10 nitrogen and oxygen atoms in total. The average Bonchev–Trinajstić information content (AvgIpc) is 3.18. The maximum atomic E-state index is 12.8. The molecule has 10 heteroatoms. The molecular weight excluding hydrogens is 674 g/mol. The van der Waals surface area contributed by atoms with E-state index in [4.69, 9.17) is 30.3 Å². The highest BCUT2D eigenvalue weighted by atomic mass is 16.5. The van der Waals surface area contributed by atoms with Crippen LogP contribution >= 0.6 is 0 Å². The molecule has 274 valence electrons. The maximum absolute atomic E-state index is 12.8. The zero-order chi connectivity index (χ0) is 37.7. The van der Waals surface area contributed by atoms with Crippen molar-refractivity contribution in [2.75, 3.05) is 13.2 Å². The summed E-state index contributed by atoms with van der Waals surface area (Å²) in [5, 5.41) is 0. The first-order chi connectivity index (χ1) is 25.8. The highest BCUT2D eigenvalue weighted by Gasteiger charge is 2.15. The predicted octanol–water partition coefficient (Wildman–Crippen LogP) is 9.90. The van der Waals surface area contributed by atoms with E-state index in [0.29, 0.717) is 30.2 Å². The zero-order valence-corrected chi connectivity index (χ0v) is 29.6. The van der Waals surface area contributed by atoms with Crippen molar-refractivity contribution in [1.82, 2.24) is 0 Å². The van der Waals surface area contributed by atoms with E-state index in [1.807, 2.05) is 0 Å². The Kier molecular flexibility index (Phi) is 16.3. The first-order valence-corrected chi connectivity index (χ1v) is 17.7. The second kappa shape index (κ2) is 21.9. The van der Waals surface area contributed by atoms with Gasteiger partial charge in [-0.05, 0) is 91.7 Å². The lowest BCUT2D eigenvalue weighted by atomic mass is 10.1. The molecule has 0 N–H and O–H groups in total. The van der Waals surface area contributed by atoms with Crippen LogP contribution < -0.4 is 18.9 Å². The molecular formula is C43H43NO9. The average molecular weight is 718 g/mol. The highest BCUT2D eigenvalue weighted by molar-refractivity contribution is 5.94. The normalized spacial score (nSPS) is 10.4. The summed E-state index contributed by atoms with van der Waals surface area (Å²) in [7, 11) is 0. The summed E-state index contributed by atoms with van der Waals surface area (Å²) in [5.41, 5.74) is 1.17. The summed E-state index contributed by atoms with van der Waals surface area (Å²) in [6.07, 6.45) is 12.4. The van der Waals surface area contributed by atoms with E-state index in [1.165, 1.54) is 92.8 Å². The SMILES string of the molecule is [C-]#[N+]c1ccc(OC(=O)c2cccc(OC(=O)c3ccc(OC(=O)c4ccc(OCCCCCCCCCCCCOC(=O)C=C)cc4)cc3)c2)cc1. The molecule has 0 aliphatic rings. The number of hydrogen-bond donors (Lipinski definition) is 0. The molecule has 4 aromatic carbocycles. The van der Waals surface area contributed by atoms with Crippen molar-refractivity contribution in [2.45, 2.75) is 64.2 Å². The van der Waals surface area contributed by atoms with E-state index in [-0.39, 0.29) is 34.3 Å². The fraction of sp³-hybridized carbons (Fsp3) is 0.279. The molecule has 0 aromatic heterocycles. The van der Waals surface area contributed by atoms with E-state index in [0.717, 1.165) is 32.1 Å². The van der Waals surface area contributed by atoms with Gasteiger partial charge in [0.25, 0.3) is 0 Å². The standard InChI is InChI=1S/C43H43NO9/c1-3-40(45)50-30-13-11-9-7-5-4-6-8-10-12-29-49-36-23-17-32(18-24-36)41(46)51-37-25-19-33(20-26-37)42(47)53-39-16-14-15-34(31-39)43(48)52-38-27-21-35(44-2)22-28-38/h3,14-28,31H,1,4-13,29-30H2. The van der Waals surface area contributed by atoms with Crippen LogP contribution in [0.1, 0.15) is 95.3 Å². The van der Waals surface area contributed by atoms with Gasteiger partial charge in [0, 0.05) is 6.08 Å². The van der Waals surface area contributed by atoms with Crippen LogP contribution in [0.4, 0.5) is 5.69 Å². The quantitative estimate of drug-likeness (QED) is 0.0273. The van der Waals surface area contributed by atoms with E-state index in [2.05, 4.69) is 11.4 Å². The van der Waals surface area contributed by atoms with Crippen molar-refractivity contribution < 1.29 is 42.9 Å². The summed E-state index contributed by atoms with van der Waals surface area (Å²) in [5.74, 6) is -0.853. The van der Waals surface area contributed by atoms with Crippen molar-refractivity contribution in [3.05, 3.63) is 138 Å². The molecule has 4 aromatic rings. The third kappa shape index (κ3) is 14.1. The summed E-state index contributed by atoms with van der Waals surface area (Å²) in [6.45, 7) is 11.5. The van der Waals surface area contributed by atoms with Gasteiger partial charge in [-0.1, -0.05) is 76.1 Å². The minimum Gasteiger partial charge on any atom is -0.494 e. The molecule has 0 aliphatic carbocycles. The third-order valence-corrected chi connectivity index (χ3v) is 8.07. The van der Waals surface area contributed by atoms with Crippen LogP contribution in [0.3, 0.4) is 0 Å². The van der Waals surface area contributed by atoms with Gasteiger partial charge in [-0.2, -0.15) is 0 Å². The molecule has 0 fully saturated rings. The molecule has 0 amide bonds. The summed E-state index contributed by atoms with van der Waals surface area (Å²) in [4.78, 5) is 52.4. The Labute approximate surface area is 310 Å². The Bertz CT molecular complexity index is 1840. The van der Waals surface area contributed by atoms with Gasteiger partial charge in [0.1, 0.15) is 23.0 Å². The van der Waals surface area contributed by atoms with E-state index >= 15 is 0 Å². The molecule has 0 saturated carbocycles. The predicted molar refractivity (Wildman–Crippen MR) is 200 cm³/mol. The van der Waals surface area contributed by atoms with Crippen molar-refractivity contribution in [3.63, 3.8) is 0 Å².